The third-order valence-electron chi connectivity index (χ3n) is 3.89. The van der Waals surface area contributed by atoms with E-state index in [4.69, 9.17) is 18.0 Å². The summed E-state index contributed by atoms with van der Waals surface area (Å²) >= 11 is 5.08. The number of carbonyl (C=O) groups is 1. The van der Waals surface area contributed by atoms with Crippen LogP contribution in [-0.2, 0) is 11.2 Å². The van der Waals surface area contributed by atoms with Gasteiger partial charge in [-0.05, 0) is 24.8 Å². The van der Waals surface area contributed by atoms with E-state index in [0.717, 1.165) is 18.4 Å². The second kappa shape index (κ2) is 7.39. The molecular formula is C16H22N2OS. The van der Waals surface area contributed by atoms with Crippen LogP contribution in [0.4, 0.5) is 0 Å². The molecular weight excluding hydrogens is 268 g/mol. The van der Waals surface area contributed by atoms with Gasteiger partial charge in [-0.25, -0.2) is 0 Å². The van der Waals surface area contributed by atoms with E-state index in [1.54, 1.807) is 0 Å². The molecule has 0 saturated heterocycles. The van der Waals surface area contributed by atoms with Gasteiger partial charge < -0.3 is 11.1 Å². The summed E-state index contributed by atoms with van der Waals surface area (Å²) in [5.74, 6) is -0.428. The predicted octanol–water partition coefficient (Wildman–Crippen LogP) is 2.58. The molecule has 20 heavy (non-hydrogen) atoms. The van der Waals surface area contributed by atoms with Gasteiger partial charge in [-0.15, -0.1) is 0 Å². The molecule has 1 saturated carbocycles. The quantitative estimate of drug-likeness (QED) is 0.820. The lowest BCUT2D eigenvalue weighted by molar-refractivity contribution is -0.123. The molecule has 0 aromatic heterocycles. The topological polar surface area (TPSA) is 55.1 Å². The number of benzene rings is 1. The van der Waals surface area contributed by atoms with Gasteiger partial charge in [0.25, 0.3) is 0 Å². The first-order valence-corrected chi connectivity index (χ1v) is 7.71. The van der Waals surface area contributed by atoms with Gasteiger partial charge in [0, 0.05) is 6.04 Å². The lowest BCUT2D eigenvalue weighted by atomic mass is 9.93. The second-order valence-electron chi connectivity index (χ2n) is 5.49. The van der Waals surface area contributed by atoms with E-state index in [9.17, 15) is 4.79 Å². The summed E-state index contributed by atoms with van der Waals surface area (Å²) in [5, 5.41) is 3.11. The van der Waals surface area contributed by atoms with Crippen molar-refractivity contribution in [2.75, 3.05) is 0 Å². The third kappa shape index (κ3) is 4.30. The summed E-state index contributed by atoms with van der Waals surface area (Å²) in [5.41, 5.74) is 6.85. The largest absolute Gasteiger partial charge is 0.393 e. The zero-order chi connectivity index (χ0) is 14.4. The normalized spacial score (nSPS) is 17.4. The first-order valence-electron chi connectivity index (χ1n) is 7.30. The molecule has 1 aromatic rings. The summed E-state index contributed by atoms with van der Waals surface area (Å²) in [6.07, 6.45) is 6.38. The molecule has 1 fully saturated rings. The highest BCUT2D eigenvalue weighted by molar-refractivity contribution is 7.80. The molecule has 1 aliphatic carbocycles. The molecule has 108 valence electrons. The number of carbonyl (C=O) groups excluding carboxylic acids is 1. The lowest BCUT2D eigenvalue weighted by Gasteiger charge is -2.25. The monoisotopic (exact) mass is 290 g/mol. The van der Waals surface area contributed by atoms with E-state index in [1.165, 1.54) is 19.3 Å². The van der Waals surface area contributed by atoms with Crippen molar-refractivity contribution in [1.29, 1.82) is 0 Å². The molecule has 0 heterocycles. The molecule has 4 heteroatoms. The molecule has 3 N–H and O–H groups in total. The second-order valence-corrected chi connectivity index (χ2v) is 5.96. The van der Waals surface area contributed by atoms with Crippen molar-refractivity contribution >= 4 is 23.1 Å². The zero-order valence-corrected chi connectivity index (χ0v) is 12.5. The molecule has 0 spiro atoms. The Morgan fingerprint density at radius 2 is 1.90 bits per heavy atom. The van der Waals surface area contributed by atoms with Gasteiger partial charge in [-0.3, -0.25) is 4.79 Å². The average molecular weight is 290 g/mol. The van der Waals surface area contributed by atoms with Gasteiger partial charge in [0.15, 0.2) is 0 Å². The summed E-state index contributed by atoms with van der Waals surface area (Å²) in [7, 11) is 0. The van der Waals surface area contributed by atoms with Crippen molar-refractivity contribution in [3.05, 3.63) is 35.9 Å². The Bertz CT molecular complexity index is 455. The summed E-state index contributed by atoms with van der Waals surface area (Å²) in [4.78, 5) is 12.7. The first kappa shape index (κ1) is 15.0. The van der Waals surface area contributed by atoms with Crippen LogP contribution in [-0.4, -0.2) is 16.9 Å². The van der Waals surface area contributed by atoms with E-state index >= 15 is 0 Å². The van der Waals surface area contributed by atoms with Crippen LogP contribution in [0.15, 0.2) is 30.3 Å². The van der Waals surface area contributed by atoms with Crippen molar-refractivity contribution in [3.63, 3.8) is 0 Å². The molecule has 2 rings (SSSR count). The maximum atomic E-state index is 12.4. The fraction of sp³-hybridized carbons (Fsp3) is 0.500. The van der Waals surface area contributed by atoms with Gasteiger partial charge >= 0.3 is 0 Å². The van der Waals surface area contributed by atoms with Crippen LogP contribution in [0, 0.1) is 5.92 Å². The number of hydrogen-bond acceptors (Lipinski definition) is 2. The summed E-state index contributed by atoms with van der Waals surface area (Å²) in [6, 6.07) is 10.2. The highest BCUT2D eigenvalue weighted by atomic mass is 32.1. The first-order chi connectivity index (χ1) is 9.66. The van der Waals surface area contributed by atoms with Crippen LogP contribution < -0.4 is 11.1 Å². The highest BCUT2D eigenvalue weighted by Gasteiger charge is 2.24. The summed E-state index contributed by atoms with van der Waals surface area (Å²) in [6.45, 7) is 0. The minimum atomic E-state index is -0.408. The zero-order valence-electron chi connectivity index (χ0n) is 11.7. The number of thiocarbonyl (C=S) groups is 1. The van der Waals surface area contributed by atoms with E-state index in [0.29, 0.717) is 12.5 Å². The summed E-state index contributed by atoms with van der Waals surface area (Å²) < 4.78 is 0. The molecule has 0 aliphatic heterocycles. The molecule has 1 unspecified atom stereocenters. The number of hydrogen-bond donors (Lipinski definition) is 2. The van der Waals surface area contributed by atoms with Crippen LogP contribution in [0.25, 0.3) is 0 Å². The fourth-order valence-electron chi connectivity index (χ4n) is 2.72. The molecule has 1 amide bonds. The Kier molecular flexibility index (Phi) is 5.53. The minimum absolute atomic E-state index is 0.0201. The Morgan fingerprint density at radius 3 is 2.50 bits per heavy atom. The Labute approximate surface area is 125 Å². The van der Waals surface area contributed by atoms with Crippen molar-refractivity contribution in [2.24, 2.45) is 11.7 Å². The number of nitrogens with two attached hydrogens (primary N) is 1. The van der Waals surface area contributed by atoms with E-state index < -0.39 is 5.92 Å². The number of nitrogens with one attached hydrogen (secondary N) is 1. The predicted molar refractivity (Wildman–Crippen MR) is 85.4 cm³/mol. The Morgan fingerprint density at radius 1 is 1.25 bits per heavy atom. The van der Waals surface area contributed by atoms with Gasteiger partial charge in [0.05, 0.1) is 10.9 Å². The van der Waals surface area contributed by atoms with Crippen LogP contribution in [0.2, 0.25) is 0 Å². The standard InChI is InChI=1S/C16H22N2OS/c17-15(20)14(11-12-7-3-1-4-8-12)16(19)18-13-9-5-2-6-10-13/h1,3-4,7-8,13-14H,2,5-6,9-11H2,(H2,17,20)(H,18,19). The molecule has 3 nitrogen and oxygen atoms in total. The third-order valence-corrected chi connectivity index (χ3v) is 4.18. The molecule has 0 radical (unpaired) electrons. The maximum absolute atomic E-state index is 12.4. The van der Waals surface area contributed by atoms with Crippen molar-refractivity contribution in [1.82, 2.24) is 5.32 Å². The Hall–Kier alpha value is -1.42. The average Bonchev–Trinajstić information content (AvgIpc) is 2.46. The van der Waals surface area contributed by atoms with Crippen LogP contribution in [0.1, 0.15) is 37.7 Å². The molecule has 0 bridgehead atoms. The highest BCUT2D eigenvalue weighted by Crippen LogP contribution is 2.18. The van der Waals surface area contributed by atoms with Crippen molar-refractivity contribution < 1.29 is 4.79 Å². The van der Waals surface area contributed by atoms with E-state index in [-0.39, 0.29) is 10.9 Å². The number of rotatable bonds is 5. The van der Waals surface area contributed by atoms with E-state index in [2.05, 4.69) is 5.32 Å². The van der Waals surface area contributed by atoms with Crippen LogP contribution in [0.3, 0.4) is 0 Å². The van der Waals surface area contributed by atoms with E-state index in [1.807, 2.05) is 30.3 Å². The van der Waals surface area contributed by atoms with Crippen LogP contribution in [0.5, 0.6) is 0 Å². The van der Waals surface area contributed by atoms with Gasteiger partial charge in [0.2, 0.25) is 5.91 Å². The Balaban J connectivity index is 1.97. The van der Waals surface area contributed by atoms with Gasteiger partial charge in [0.1, 0.15) is 0 Å². The minimum Gasteiger partial charge on any atom is -0.393 e. The van der Waals surface area contributed by atoms with Crippen molar-refractivity contribution in [2.45, 2.75) is 44.6 Å². The molecule has 1 aromatic carbocycles. The molecule has 1 atom stereocenters. The van der Waals surface area contributed by atoms with Crippen LogP contribution >= 0.6 is 12.2 Å². The van der Waals surface area contributed by atoms with Crippen molar-refractivity contribution in [3.8, 4) is 0 Å². The maximum Gasteiger partial charge on any atom is 0.230 e. The lowest BCUT2D eigenvalue weighted by Crippen LogP contribution is -2.44. The number of amides is 1. The smallest absolute Gasteiger partial charge is 0.230 e. The fourth-order valence-corrected chi connectivity index (χ4v) is 2.91. The SMILES string of the molecule is NC(=S)C(Cc1ccccc1)C(=O)NC1CCCCC1. The van der Waals surface area contributed by atoms with Gasteiger partial charge in [-0.1, -0.05) is 61.8 Å². The molecule has 1 aliphatic rings. The van der Waals surface area contributed by atoms with Gasteiger partial charge in [-0.2, -0.15) is 0 Å².